The van der Waals surface area contributed by atoms with Crippen LogP contribution in [0.15, 0.2) is 29.8 Å². The van der Waals surface area contributed by atoms with E-state index in [1.165, 1.54) is 102 Å². The Kier molecular flexibility index (Phi) is 10.8. The van der Waals surface area contributed by atoms with Crippen molar-refractivity contribution in [3.8, 4) is 6.07 Å². The Labute approximate surface area is 196 Å². The maximum absolute atomic E-state index is 13.8. The molecule has 0 aromatic heterocycles. The SMILES string of the molecule is CCCCCCCC1CCC(CCC2CC=C(CCc3ccc(C#N)c(F)c3)CC2)CC1. The molecule has 1 aromatic carbocycles. The molecular weight excluding hydrogens is 393 g/mol. The number of unbranched alkanes of at least 4 members (excludes halogenated alkanes) is 4. The minimum absolute atomic E-state index is 0.143. The summed E-state index contributed by atoms with van der Waals surface area (Å²) >= 11 is 0. The van der Waals surface area contributed by atoms with Crippen LogP contribution in [0, 0.1) is 34.9 Å². The Morgan fingerprint density at radius 1 is 0.875 bits per heavy atom. The fourth-order valence-corrected chi connectivity index (χ4v) is 5.86. The van der Waals surface area contributed by atoms with E-state index in [4.69, 9.17) is 5.26 Å². The summed E-state index contributed by atoms with van der Waals surface area (Å²) in [5.41, 5.74) is 2.69. The molecule has 3 rings (SSSR count). The molecule has 0 heterocycles. The molecule has 32 heavy (non-hydrogen) atoms. The van der Waals surface area contributed by atoms with Gasteiger partial charge in [-0.15, -0.1) is 0 Å². The highest BCUT2D eigenvalue weighted by Crippen LogP contribution is 2.37. The minimum Gasteiger partial charge on any atom is -0.206 e. The third-order valence-corrected chi connectivity index (χ3v) is 8.17. The zero-order valence-electron chi connectivity index (χ0n) is 20.4. The number of benzene rings is 1. The molecule has 2 heteroatoms. The van der Waals surface area contributed by atoms with Crippen molar-refractivity contribution in [2.45, 2.75) is 116 Å². The number of rotatable bonds is 12. The standard InChI is InChI=1S/C30H44FN/c1-2-3-4-5-6-7-24-8-10-25(11-9-24)12-13-26-14-16-27(17-15-26)18-19-28-20-21-29(23-32)30(31)22-28/h16,20-22,24-26H,2-15,17-19H2,1H3. The Morgan fingerprint density at radius 3 is 2.25 bits per heavy atom. The van der Waals surface area contributed by atoms with Gasteiger partial charge in [0.1, 0.15) is 11.9 Å². The van der Waals surface area contributed by atoms with E-state index in [2.05, 4.69) is 13.0 Å². The van der Waals surface area contributed by atoms with Gasteiger partial charge in [0.15, 0.2) is 0 Å². The van der Waals surface area contributed by atoms with Gasteiger partial charge in [-0.25, -0.2) is 4.39 Å². The van der Waals surface area contributed by atoms with Crippen LogP contribution >= 0.6 is 0 Å². The zero-order chi connectivity index (χ0) is 22.6. The van der Waals surface area contributed by atoms with E-state index in [9.17, 15) is 4.39 Å². The van der Waals surface area contributed by atoms with Crippen LogP contribution in [-0.2, 0) is 6.42 Å². The molecule has 0 spiro atoms. The maximum atomic E-state index is 13.8. The third-order valence-electron chi connectivity index (χ3n) is 8.17. The van der Waals surface area contributed by atoms with Crippen LogP contribution in [0.2, 0.25) is 0 Å². The van der Waals surface area contributed by atoms with Gasteiger partial charge in [0, 0.05) is 0 Å². The maximum Gasteiger partial charge on any atom is 0.141 e. The fraction of sp³-hybridized carbons (Fsp3) is 0.700. The van der Waals surface area contributed by atoms with Gasteiger partial charge in [0.2, 0.25) is 0 Å². The smallest absolute Gasteiger partial charge is 0.141 e. The summed E-state index contributed by atoms with van der Waals surface area (Å²) in [6, 6.07) is 6.94. The largest absolute Gasteiger partial charge is 0.206 e. The quantitative estimate of drug-likeness (QED) is 0.236. The van der Waals surface area contributed by atoms with Crippen molar-refractivity contribution in [3.63, 3.8) is 0 Å². The Balaban J connectivity index is 1.27. The molecule has 2 aliphatic carbocycles. The molecule has 1 fully saturated rings. The van der Waals surface area contributed by atoms with Gasteiger partial charge in [-0.2, -0.15) is 5.26 Å². The van der Waals surface area contributed by atoms with E-state index in [0.29, 0.717) is 0 Å². The van der Waals surface area contributed by atoms with Gasteiger partial charge < -0.3 is 0 Å². The predicted molar refractivity (Wildman–Crippen MR) is 133 cm³/mol. The molecule has 176 valence electrons. The van der Waals surface area contributed by atoms with E-state index in [-0.39, 0.29) is 11.4 Å². The van der Waals surface area contributed by atoms with E-state index in [0.717, 1.165) is 36.2 Å². The van der Waals surface area contributed by atoms with Crippen LogP contribution in [-0.4, -0.2) is 0 Å². The van der Waals surface area contributed by atoms with Gasteiger partial charge in [-0.1, -0.05) is 95.3 Å². The molecule has 0 aliphatic heterocycles. The normalized spacial score (nSPS) is 23.5. The molecule has 2 aliphatic rings. The van der Waals surface area contributed by atoms with Crippen molar-refractivity contribution < 1.29 is 4.39 Å². The first kappa shape index (κ1) is 25.0. The molecule has 1 aromatic rings. The second-order valence-corrected chi connectivity index (χ2v) is 10.6. The van der Waals surface area contributed by atoms with Crippen LogP contribution in [0.4, 0.5) is 4.39 Å². The first-order valence-corrected chi connectivity index (χ1v) is 13.5. The summed E-state index contributed by atoms with van der Waals surface area (Å²) < 4.78 is 13.8. The van der Waals surface area contributed by atoms with E-state index in [1.807, 2.05) is 12.1 Å². The van der Waals surface area contributed by atoms with Crippen molar-refractivity contribution in [3.05, 3.63) is 46.8 Å². The average molecular weight is 438 g/mol. The molecule has 1 atom stereocenters. The first-order chi connectivity index (χ1) is 15.7. The molecular formula is C30H44FN. The zero-order valence-corrected chi connectivity index (χ0v) is 20.4. The van der Waals surface area contributed by atoms with Gasteiger partial charge in [0.25, 0.3) is 0 Å². The van der Waals surface area contributed by atoms with Gasteiger partial charge in [-0.3, -0.25) is 0 Å². The Bertz CT molecular complexity index is 751. The molecule has 0 bridgehead atoms. The number of hydrogen-bond acceptors (Lipinski definition) is 1. The van der Waals surface area contributed by atoms with Crippen LogP contribution < -0.4 is 0 Å². The summed E-state index contributed by atoms with van der Waals surface area (Å²) in [7, 11) is 0. The fourth-order valence-electron chi connectivity index (χ4n) is 5.86. The van der Waals surface area contributed by atoms with Gasteiger partial charge in [0.05, 0.1) is 5.56 Å². The summed E-state index contributed by atoms with van der Waals surface area (Å²) in [5, 5.41) is 8.86. The number of halogens is 1. The van der Waals surface area contributed by atoms with Gasteiger partial charge >= 0.3 is 0 Å². The summed E-state index contributed by atoms with van der Waals surface area (Å²) in [6.07, 6.45) is 25.6. The molecule has 0 radical (unpaired) electrons. The van der Waals surface area contributed by atoms with Crippen molar-refractivity contribution in [1.29, 1.82) is 5.26 Å². The summed E-state index contributed by atoms with van der Waals surface area (Å²) in [5.74, 6) is 2.51. The number of nitrogens with zero attached hydrogens (tertiary/aromatic N) is 1. The highest BCUT2D eigenvalue weighted by atomic mass is 19.1. The number of hydrogen-bond donors (Lipinski definition) is 0. The summed E-state index contributed by atoms with van der Waals surface area (Å²) in [4.78, 5) is 0. The topological polar surface area (TPSA) is 23.8 Å². The highest BCUT2D eigenvalue weighted by molar-refractivity contribution is 5.33. The van der Waals surface area contributed by atoms with Crippen LogP contribution in [0.25, 0.3) is 0 Å². The van der Waals surface area contributed by atoms with Crippen LogP contribution in [0.1, 0.15) is 121 Å². The molecule has 1 nitrogen and oxygen atoms in total. The lowest BCUT2D eigenvalue weighted by molar-refractivity contribution is 0.234. The lowest BCUT2D eigenvalue weighted by Crippen LogP contribution is -2.16. The van der Waals surface area contributed by atoms with E-state index < -0.39 is 0 Å². The van der Waals surface area contributed by atoms with Crippen molar-refractivity contribution in [1.82, 2.24) is 0 Å². The first-order valence-electron chi connectivity index (χ1n) is 13.5. The molecule has 0 saturated heterocycles. The van der Waals surface area contributed by atoms with Gasteiger partial charge in [-0.05, 0) is 74.0 Å². The number of nitriles is 1. The van der Waals surface area contributed by atoms with Crippen molar-refractivity contribution in [2.24, 2.45) is 17.8 Å². The second-order valence-electron chi connectivity index (χ2n) is 10.6. The predicted octanol–water partition coefficient (Wildman–Crippen LogP) is 9.30. The van der Waals surface area contributed by atoms with Crippen molar-refractivity contribution in [2.75, 3.05) is 0 Å². The Hall–Kier alpha value is -1.62. The lowest BCUT2D eigenvalue weighted by atomic mass is 9.76. The number of aryl methyl sites for hydroxylation is 1. The highest BCUT2D eigenvalue weighted by Gasteiger charge is 2.22. The van der Waals surface area contributed by atoms with Crippen LogP contribution in [0.5, 0.6) is 0 Å². The van der Waals surface area contributed by atoms with E-state index in [1.54, 1.807) is 11.6 Å². The van der Waals surface area contributed by atoms with Crippen molar-refractivity contribution >= 4 is 0 Å². The molecule has 0 amide bonds. The van der Waals surface area contributed by atoms with E-state index >= 15 is 0 Å². The third kappa shape index (κ3) is 8.38. The number of allylic oxidation sites excluding steroid dienone is 2. The summed E-state index contributed by atoms with van der Waals surface area (Å²) in [6.45, 7) is 2.30. The molecule has 1 unspecified atom stereocenters. The Morgan fingerprint density at radius 2 is 1.59 bits per heavy atom. The minimum atomic E-state index is -0.385. The lowest BCUT2D eigenvalue weighted by Gasteiger charge is -2.30. The monoisotopic (exact) mass is 437 g/mol. The molecule has 1 saturated carbocycles. The molecule has 0 N–H and O–H groups in total. The van der Waals surface area contributed by atoms with Crippen LogP contribution in [0.3, 0.4) is 0 Å². The average Bonchev–Trinajstić information content (AvgIpc) is 2.83. The second kappa shape index (κ2) is 13.8.